The van der Waals surface area contributed by atoms with E-state index in [-0.39, 0.29) is 0 Å². The summed E-state index contributed by atoms with van der Waals surface area (Å²) in [4.78, 5) is 0. The highest BCUT2D eigenvalue weighted by Gasteiger charge is 2.31. The lowest BCUT2D eigenvalue weighted by atomic mass is 10.2. The minimum Gasteiger partial charge on any atom is -0.314 e. The van der Waals surface area contributed by atoms with Crippen LogP contribution in [0.15, 0.2) is 0 Å². The van der Waals surface area contributed by atoms with E-state index in [0.29, 0.717) is 6.04 Å². The van der Waals surface area contributed by atoms with Gasteiger partial charge >= 0.3 is 0 Å². The molecule has 3 atom stereocenters. The molecule has 0 spiro atoms. The molecule has 0 saturated heterocycles. The van der Waals surface area contributed by atoms with Gasteiger partial charge in [-0.05, 0) is 38.8 Å². The molecule has 1 saturated carbocycles. The zero-order chi connectivity index (χ0) is 8.97. The Morgan fingerprint density at radius 2 is 2.17 bits per heavy atom. The van der Waals surface area contributed by atoms with Gasteiger partial charge in [0.25, 0.3) is 0 Å². The number of nitrogens with one attached hydrogen (secondary N) is 2. The van der Waals surface area contributed by atoms with Gasteiger partial charge in [0, 0.05) is 12.1 Å². The second kappa shape index (κ2) is 4.83. The van der Waals surface area contributed by atoms with Crippen molar-refractivity contribution in [2.75, 3.05) is 13.1 Å². The molecule has 1 aliphatic carbocycles. The molecule has 1 fully saturated rings. The van der Waals surface area contributed by atoms with Crippen LogP contribution in [-0.4, -0.2) is 25.2 Å². The molecule has 0 aromatic carbocycles. The van der Waals surface area contributed by atoms with E-state index in [1.807, 2.05) is 0 Å². The monoisotopic (exact) mass is 170 g/mol. The van der Waals surface area contributed by atoms with Crippen molar-refractivity contribution >= 4 is 0 Å². The fourth-order valence-electron chi connectivity index (χ4n) is 1.54. The van der Waals surface area contributed by atoms with Crippen molar-refractivity contribution in [1.29, 1.82) is 0 Å². The van der Waals surface area contributed by atoms with Crippen molar-refractivity contribution in [1.82, 2.24) is 10.6 Å². The summed E-state index contributed by atoms with van der Waals surface area (Å²) in [5.74, 6) is 0.930. The van der Waals surface area contributed by atoms with Crippen LogP contribution in [0.4, 0.5) is 0 Å². The van der Waals surface area contributed by atoms with Gasteiger partial charge < -0.3 is 10.6 Å². The molecule has 2 heteroatoms. The minimum atomic E-state index is 0.663. The van der Waals surface area contributed by atoms with Crippen molar-refractivity contribution in [3.63, 3.8) is 0 Å². The molecule has 2 N–H and O–H groups in total. The summed E-state index contributed by atoms with van der Waals surface area (Å²) in [6.07, 6.45) is 2.63. The minimum absolute atomic E-state index is 0.663. The van der Waals surface area contributed by atoms with Gasteiger partial charge in [-0.25, -0.2) is 0 Å². The lowest BCUT2D eigenvalue weighted by molar-refractivity contribution is 0.499. The molecule has 0 aromatic heterocycles. The third-order valence-electron chi connectivity index (χ3n) is 2.65. The van der Waals surface area contributed by atoms with Gasteiger partial charge in [-0.1, -0.05) is 13.8 Å². The summed E-state index contributed by atoms with van der Waals surface area (Å²) in [5.41, 5.74) is 0. The number of hydrogen-bond donors (Lipinski definition) is 2. The molecule has 0 heterocycles. The predicted molar refractivity (Wildman–Crippen MR) is 53.3 cm³/mol. The molecule has 0 aliphatic heterocycles. The van der Waals surface area contributed by atoms with E-state index in [9.17, 15) is 0 Å². The second-order valence-electron chi connectivity index (χ2n) is 4.02. The third-order valence-corrected chi connectivity index (χ3v) is 2.65. The maximum Gasteiger partial charge on any atom is 0.00963 e. The fourth-order valence-corrected chi connectivity index (χ4v) is 1.54. The topological polar surface area (TPSA) is 24.1 Å². The Labute approximate surface area is 76.1 Å². The van der Waals surface area contributed by atoms with Crippen LogP contribution in [0.3, 0.4) is 0 Å². The van der Waals surface area contributed by atoms with E-state index in [2.05, 4.69) is 31.4 Å². The van der Waals surface area contributed by atoms with Crippen LogP contribution in [0.25, 0.3) is 0 Å². The fraction of sp³-hybridized carbons (Fsp3) is 1.00. The Morgan fingerprint density at radius 3 is 2.67 bits per heavy atom. The molecule has 0 bridgehead atoms. The van der Waals surface area contributed by atoms with E-state index >= 15 is 0 Å². The SMILES string of the molecule is CCNC(C)CCNC1CC1C. The maximum absolute atomic E-state index is 3.56. The first kappa shape index (κ1) is 10.0. The van der Waals surface area contributed by atoms with Crippen molar-refractivity contribution in [2.45, 2.75) is 45.7 Å². The van der Waals surface area contributed by atoms with Crippen LogP contribution >= 0.6 is 0 Å². The summed E-state index contributed by atoms with van der Waals surface area (Å²) >= 11 is 0. The van der Waals surface area contributed by atoms with Crippen LogP contribution < -0.4 is 10.6 Å². The summed E-state index contributed by atoms with van der Waals surface area (Å²) in [6.45, 7) is 8.98. The van der Waals surface area contributed by atoms with Crippen LogP contribution in [-0.2, 0) is 0 Å². The smallest absolute Gasteiger partial charge is 0.00963 e. The average molecular weight is 170 g/mol. The molecule has 1 rings (SSSR count). The molecule has 1 aliphatic rings. The van der Waals surface area contributed by atoms with Crippen molar-refractivity contribution < 1.29 is 0 Å². The first-order valence-electron chi connectivity index (χ1n) is 5.20. The highest BCUT2D eigenvalue weighted by Crippen LogP contribution is 2.28. The lowest BCUT2D eigenvalue weighted by Crippen LogP contribution is -2.30. The predicted octanol–water partition coefficient (Wildman–Crippen LogP) is 1.37. The molecular weight excluding hydrogens is 148 g/mol. The van der Waals surface area contributed by atoms with Gasteiger partial charge in [-0.15, -0.1) is 0 Å². The van der Waals surface area contributed by atoms with E-state index in [1.54, 1.807) is 0 Å². The molecule has 0 amide bonds. The van der Waals surface area contributed by atoms with Gasteiger partial charge in [-0.3, -0.25) is 0 Å². The molecule has 0 radical (unpaired) electrons. The summed E-state index contributed by atoms with van der Waals surface area (Å²) in [5, 5.41) is 6.97. The van der Waals surface area contributed by atoms with Gasteiger partial charge in [0.15, 0.2) is 0 Å². The number of rotatable bonds is 6. The normalized spacial score (nSPS) is 30.2. The first-order chi connectivity index (χ1) is 5.74. The average Bonchev–Trinajstić information content (AvgIpc) is 2.67. The summed E-state index contributed by atoms with van der Waals surface area (Å²) in [6, 6.07) is 1.50. The third kappa shape index (κ3) is 3.55. The van der Waals surface area contributed by atoms with E-state index in [0.717, 1.165) is 18.5 Å². The zero-order valence-electron chi connectivity index (χ0n) is 8.56. The molecule has 2 nitrogen and oxygen atoms in total. The van der Waals surface area contributed by atoms with Crippen molar-refractivity contribution in [3.8, 4) is 0 Å². The summed E-state index contributed by atoms with van der Waals surface area (Å²) in [7, 11) is 0. The molecule has 12 heavy (non-hydrogen) atoms. The van der Waals surface area contributed by atoms with Crippen LogP contribution in [0.5, 0.6) is 0 Å². The van der Waals surface area contributed by atoms with E-state index in [4.69, 9.17) is 0 Å². The van der Waals surface area contributed by atoms with Gasteiger partial charge in [0.2, 0.25) is 0 Å². The molecule has 3 unspecified atom stereocenters. The van der Waals surface area contributed by atoms with Gasteiger partial charge in [-0.2, -0.15) is 0 Å². The standard InChI is InChI=1S/C10H22N2/c1-4-11-9(3)5-6-12-10-7-8(10)2/h8-12H,4-7H2,1-3H3. The van der Waals surface area contributed by atoms with Crippen LogP contribution in [0.1, 0.15) is 33.6 Å². The highest BCUT2D eigenvalue weighted by atomic mass is 15.0. The molecular formula is C10H22N2. The molecule has 72 valence electrons. The lowest BCUT2D eigenvalue weighted by Gasteiger charge is -2.12. The quantitative estimate of drug-likeness (QED) is 0.629. The number of hydrogen-bond acceptors (Lipinski definition) is 2. The Balaban J connectivity index is 1.88. The Morgan fingerprint density at radius 1 is 1.50 bits per heavy atom. The Hall–Kier alpha value is -0.0800. The van der Waals surface area contributed by atoms with Gasteiger partial charge in [0.05, 0.1) is 0 Å². The Bertz CT molecular complexity index is 125. The maximum atomic E-state index is 3.56. The van der Waals surface area contributed by atoms with Gasteiger partial charge in [0.1, 0.15) is 0 Å². The van der Waals surface area contributed by atoms with Crippen molar-refractivity contribution in [2.24, 2.45) is 5.92 Å². The molecule has 0 aromatic rings. The second-order valence-corrected chi connectivity index (χ2v) is 4.02. The zero-order valence-corrected chi connectivity index (χ0v) is 8.56. The largest absolute Gasteiger partial charge is 0.314 e. The Kier molecular flexibility index (Phi) is 4.02. The first-order valence-corrected chi connectivity index (χ1v) is 5.20. The summed E-state index contributed by atoms with van der Waals surface area (Å²) < 4.78 is 0. The van der Waals surface area contributed by atoms with Crippen LogP contribution in [0.2, 0.25) is 0 Å². The highest BCUT2D eigenvalue weighted by molar-refractivity contribution is 4.89. The van der Waals surface area contributed by atoms with Crippen LogP contribution in [0, 0.1) is 5.92 Å². The van der Waals surface area contributed by atoms with Crippen molar-refractivity contribution in [3.05, 3.63) is 0 Å². The van der Waals surface area contributed by atoms with E-state index in [1.165, 1.54) is 19.4 Å². The van der Waals surface area contributed by atoms with E-state index < -0.39 is 0 Å².